The molecule has 62 valence electrons. The monoisotopic (exact) mass is 227 g/mol. The van der Waals surface area contributed by atoms with Gasteiger partial charge in [-0.1, -0.05) is 22.5 Å². The van der Waals surface area contributed by atoms with E-state index < -0.39 is 0 Å². The van der Waals surface area contributed by atoms with E-state index in [-0.39, 0.29) is 0 Å². The lowest BCUT2D eigenvalue weighted by atomic mass is 10.3. The summed E-state index contributed by atoms with van der Waals surface area (Å²) >= 11 is 3.12. The van der Waals surface area contributed by atoms with Gasteiger partial charge in [0.1, 0.15) is 0 Å². The van der Waals surface area contributed by atoms with Crippen LogP contribution in [-0.2, 0) is 0 Å². The molecule has 0 saturated heterocycles. The molecule has 1 heterocycles. The molecule has 0 amide bonds. The number of hydrazine groups is 2. The maximum absolute atomic E-state index is 11.2. The topological polar surface area (TPSA) is 41.3 Å². The molecule has 0 aromatic heterocycles. The van der Waals surface area contributed by atoms with E-state index in [9.17, 15) is 5.21 Å². The van der Waals surface area contributed by atoms with Crippen molar-refractivity contribution < 1.29 is 0 Å². The molecule has 1 aliphatic heterocycles. The zero-order chi connectivity index (χ0) is 8.55. The van der Waals surface area contributed by atoms with Crippen LogP contribution < -0.4 is 21.0 Å². The molecule has 0 atom stereocenters. The molecule has 0 spiro atoms. The highest BCUT2D eigenvalue weighted by Crippen LogP contribution is 1.92. The molecular formula is C7H6BrN3O. The third-order valence-corrected chi connectivity index (χ3v) is 1.96. The molecule has 0 bridgehead atoms. The Bertz CT molecular complexity index is 417. The number of nitrogens with one attached hydrogen (secondary N) is 1. The molecule has 1 aliphatic rings. The number of fused-ring (bicyclic) bond motifs is 1. The van der Waals surface area contributed by atoms with Crippen LogP contribution in [0, 0.1) is 5.21 Å². The first-order valence-electron chi connectivity index (χ1n) is 3.40. The zero-order valence-corrected chi connectivity index (χ0v) is 7.65. The summed E-state index contributed by atoms with van der Waals surface area (Å²) in [6, 6.07) is 7.33. The highest BCUT2D eigenvalue weighted by atomic mass is 79.9. The summed E-state index contributed by atoms with van der Waals surface area (Å²) in [5.74, 6) is 0. The molecule has 1 aromatic rings. The Morgan fingerprint density at radius 1 is 1.42 bits per heavy atom. The summed E-state index contributed by atoms with van der Waals surface area (Å²) in [4.78, 5) is 0.698. The van der Waals surface area contributed by atoms with Gasteiger partial charge < -0.3 is 5.21 Å². The van der Waals surface area contributed by atoms with E-state index in [4.69, 9.17) is 0 Å². The van der Waals surface area contributed by atoms with Crippen LogP contribution in [0.15, 0.2) is 24.3 Å². The predicted molar refractivity (Wildman–Crippen MR) is 48.7 cm³/mol. The molecule has 1 N–H and O–H groups in total. The Morgan fingerprint density at radius 3 is 3.00 bits per heavy atom. The van der Waals surface area contributed by atoms with Crippen LogP contribution in [-0.4, -0.2) is 4.03 Å². The second kappa shape index (κ2) is 2.67. The van der Waals surface area contributed by atoms with Gasteiger partial charge in [0, 0.05) is 6.07 Å². The van der Waals surface area contributed by atoms with E-state index in [2.05, 4.69) is 21.7 Å². The van der Waals surface area contributed by atoms with Crippen LogP contribution in [0.1, 0.15) is 0 Å². The van der Waals surface area contributed by atoms with Crippen LogP contribution >= 0.6 is 16.1 Å². The fourth-order valence-corrected chi connectivity index (χ4v) is 1.44. The van der Waals surface area contributed by atoms with Gasteiger partial charge >= 0.3 is 0 Å². The quantitative estimate of drug-likeness (QED) is 0.368. The van der Waals surface area contributed by atoms with Crippen LogP contribution in [0.2, 0.25) is 0 Å². The molecule has 12 heavy (non-hydrogen) atoms. The highest BCUT2D eigenvalue weighted by molar-refractivity contribution is 9.07. The van der Waals surface area contributed by atoms with E-state index in [1.165, 1.54) is 4.03 Å². The second-order valence-corrected chi connectivity index (χ2v) is 3.16. The van der Waals surface area contributed by atoms with Crippen LogP contribution in [0.3, 0.4) is 0 Å². The summed E-state index contributed by atoms with van der Waals surface area (Å²) in [6.07, 6.45) is 1.78. The first-order chi connectivity index (χ1) is 5.77. The van der Waals surface area contributed by atoms with Crippen molar-refractivity contribution in [3.8, 4) is 0 Å². The minimum Gasteiger partial charge on any atom is -0.594 e. The number of hydrogen-bond donors (Lipinski definition) is 1. The molecule has 2 rings (SSSR count). The molecule has 0 aliphatic carbocycles. The largest absolute Gasteiger partial charge is 0.594 e. The number of benzene rings is 1. The number of rotatable bonds is 0. The fraction of sp³-hybridized carbons (Fsp3) is 0. The Balaban J connectivity index is 2.81. The van der Waals surface area contributed by atoms with Gasteiger partial charge in [-0.2, -0.15) is 4.03 Å². The van der Waals surface area contributed by atoms with Crippen LogP contribution in [0.25, 0.3) is 6.20 Å². The van der Waals surface area contributed by atoms with E-state index in [0.717, 1.165) is 5.22 Å². The third-order valence-electron chi connectivity index (χ3n) is 1.59. The Labute approximate surface area is 77.3 Å². The van der Waals surface area contributed by atoms with Crippen molar-refractivity contribution in [3.05, 3.63) is 40.0 Å². The van der Waals surface area contributed by atoms with Gasteiger partial charge in [0.25, 0.3) is 5.36 Å². The Morgan fingerprint density at radius 2 is 2.17 bits per heavy atom. The van der Waals surface area contributed by atoms with Crippen molar-refractivity contribution in [2.24, 2.45) is 0 Å². The number of hydrogen-bond acceptors (Lipinski definition) is 3. The van der Waals surface area contributed by atoms with E-state index in [1.807, 2.05) is 18.2 Å². The Hall–Kier alpha value is -1.23. The summed E-state index contributed by atoms with van der Waals surface area (Å²) < 4.78 is 1.43. The van der Waals surface area contributed by atoms with Crippen molar-refractivity contribution in [1.82, 2.24) is 14.4 Å². The Kier molecular flexibility index (Phi) is 1.65. The average molecular weight is 228 g/mol. The van der Waals surface area contributed by atoms with Gasteiger partial charge in [-0.3, -0.25) is 0 Å². The van der Waals surface area contributed by atoms with Crippen molar-refractivity contribution in [1.29, 1.82) is 0 Å². The summed E-state index contributed by atoms with van der Waals surface area (Å²) in [6.45, 7) is 0. The van der Waals surface area contributed by atoms with Crippen LogP contribution in [0.4, 0.5) is 0 Å². The van der Waals surface area contributed by atoms with E-state index >= 15 is 0 Å². The number of halogens is 1. The molecule has 0 radical (unpaired) electrons. The van der Waals surface area contributed by atoms with Crippen molar-refractivity contribution in [3.63, 3.8) is 0 Å². The lowest BCUT2D eigenvalue weighted by Gasteiger charge is -2.14. The maximum Gasteiger partial charge on any atom is 0.252 e. The van der Waals surface area contributed by atoms with Crippen molar-refractivity contribution in [2.45, 2.75) is 0 Å². The number of para-hydroxylation sites is 1. The van der Waals surface area contributed by atoms with Gasteiger partial charge in [0.15, 0.2) is 0 Å². The molecule has 0 fully saturated rings. The van der Waals surface area contributed by atoms with Crippen molar-refractivity contribution >= 4 is 22.3 Å². The lowest BCUT2D eigenvalue weighted by molar-refractivity contribution is 0.378. The van der Waals surface area contributed by atoms with Crippen molar-refractivity contribution in [2.75, 3.05) is 0 Å². The van der Waals surface area contributed by atoms with Gasteiger partial charge in [0.05, 0.1) is 27.6 Å². The van der Waals surface area contributed by atoms with E-state index in [1.54, 1.807) is 12.3 Å². The van der Waals surface area contributed by atoms with Gasteiger partial charge in [-0.15, -0.1) is 0 Å². The van der Waals surface area contributed by atoms with Crippen LogP contribution in [0.5, 0.6) is 0 Å². The third kappa shape index (κ3) is 1.12. The molecular weight excluding hydrogens is 222 g/mol. The average Bonchev–Trinajstić information content (AvgIpc) is 2.04. The lowest BCUT2D eigenvalue weighted by Crippen LogP contribution is -2.52. The van der Waals surface area contributed by atoms with Gasteiger partial charge in [0.2, 0.25) is 0 Å². The van der Waals surface area contributed by atoms with Gasteiger partial charge in [-0.25, -0.2) is 0 Å². The molecule has 5 heteroatoms. The number of nitrogens with zero attached hydrogens (tertiary/aromatic N) is 2. The maximum atomic E-state index is 11.2. The minimum atomic E-state index is 0.619. The first-order valence-corrected chi connectivity index (χ1v) is 4.11. The van der Waals surface area contributed by atoms with E-state index in [0.29, 0.717) is 10.2 Å². The normalized spacial score (nSPS) is 14.8. The molecule has 0 saturated carbocycles. The fourth-order valence-electron chi connectivity index (χ4n) is 1.07. The molecule has 1 aromatic carbocycles. The first kappa shape index (κ1) is 7.42. The summed E-state index contributed by atoms with van der Waals surface area (Å²) in [5, 5.41) is 12.7. The second-order valence-electron chi connectivity index (χ2n) is 2.39. The highest BCUT2D eigenvalue weighted by Gasteiger charge is 2.06. The standard InChI is InChI=1S/C7H6BrN3O/c8-10-5-6-3-1-2-4-7(6)11(12)9-10/h1-5,9H. The SMILES string of the molecule is [O-][N+]1=c2ccccc2=CN(Br)N1. The zero-order valence-electron chi connectivity index (χ0n) is 6.07. The smallest absolute Gasteiger partial charge is 0.252 e. The summed E-state index contributed by atoms with van der Waals surface area (Å²) in [5.41, 5.74) is 2.51. The minimum absolute atomic E-state index is 0.619. The predicted octanol–water partition coefficient (Wildman–Crippen LogP) is -0.541. The summed E-state index contributed by atoms with van der Waals surface area (Å²) in [7, 11) is 0. The van der Waals surface area contributed by atoms with Gasteiger partial charge in [-0.05, 0) is 6.07 Å². The molecule has 4 nitrogen and oxygen atoms in total. The molecule has 0 unspecified atom stereocenters.